The third-order valence-electron chi connectivity index (χ3n) is 5.87. The van der Waals surface area contributed by atoms with Gasteiger partial charge in [0.05, 0.1) is 6.54 Å². The van der Waals surface area contributed by atoms with E-state index in [1.54, 1.807) is 12.1 Å². The molecule has 1 aromatic carbocycles. The highest BCUT2D eigenvalue weighted by molar-refractivity contribution is 5.80. The number of hydrogen-bond donors (Lipinski definition) is 1. The van der Waals surface area contributed by atoms with Crippen LogP contribution in [0.1, 0.15) is 19.3 Å². The molecule has 140 valence electrons. The molecule has 1 N–H and O–H groups in total. The van der Waals surface area contributed by atoms with Gasteiger partial charge in [-0.3, -0.25) is 14.5 Å². The Kier molecular flexibility index (Phi) is 4.80. The summed E-state index contributed by atoms with van der Waals surface area (Å²) in [5.74, 6) is 0.0141. The number of piperazine rings is 1. The molecule has 3 saturated heterocycles. The summed E-state index contributed by atoms with van der Waals surface area (Å²) in [7, 11) is 0. The number of fused-ring (bicyclic) bond motifs is 2. The number of anilines is 1. The van der Waals surface area contributed by atoms with Crippen molar-refractivity contribution in [3.8, 4) is 0 Å². The molecule has 3 aliphatic rings. The van der Waals surface area contributed by atoms with Crippen LogP contribution in [0.3, 0.4) is 0 Å². The van der Waals surface area contributed by atoms with Gasteiger partial charge in [-0.1, -0.05) is 0 Å². The number of amides is 2. The Hall–Kier alpha value is -2.15. The van der Waals surface area contributed by atoms with Crippen molar-refractivity contribution in [1.82, 2.24) is 15.1 Å². The molecule has 2 bridgehead atoms. The van der Waals surface area contributed by atoms with Gasteiger partial charge in [-0.05, 0) is 37.1 Å². The Morgan fingerprint density at radius 3 is 2.50 bits per heavy atom. The molecule has 0 saturated carbocycles. The highest BCUT2D eigenvalue weighted by Gasteiger charge is 2.39. The lowest BCUT2D eigenvalue weighted by atomic mass is 10.1. The molecule has 7 heteroatoms. The van der Waals surface area contributed by atoms with Crippen molar-refractivity contribution in [2.24, 2.45) is 0 Å². The lowest BCUT2D eigenvalue weighted by Gasteiger charge is -2.37. The average molecular weight is 360 g/mol. The first kappa shape index (κ1) is 17.3. The van der Waals surface area contributed by atoms with Crippen molar-refractivity contribution < 1.29 is 14.0 Å². The van der Waals surface area contributed by atoms with Gasteiger partial charge in [-0.2, -0.15) is 0 Å². The van der Waals surface area contributed by atoms with Crippen molar-refractivity contribution >= 4 is 17.5 Å². The Morgan fingerprint density at radius 2 is 1.77 bits per heavy atom. The number of nitrogens with one attached hydrogen (secondary N) is 1. The quantitative estimate of drug-likeness (QED) is 0.868. The van der Waals surface area contributed by atoms with Crippen molar-refractivity contribution in [3.05, 3.63) is 30.1 Å². The van der Waals surface area contributed by atoms with Gasteiger partial charge in [-0.15, -0.1) is 0 Å². The second-order valence-electron chi connectivity index (χ2n) is 7.41. The highest BCUT2D eigenvalue weighted by atomic mass is 19.1. The zero-order valence-corrected chi connectivity index (χ0v) is 14.9. The SMILES string of the molecule is O=C1CC2CCC(CN1)N2CC(=O)N1CCN(c2ccc(F)cc2)CC1. The normalized spacial score (nSPS) is 26.6. The molecule has 0 aliphatic carbocycles. The van der Waals surface area contributed by atoms with E-state index in [9.17, 15) is 14.0 Å². The summed E-state index contributed by atoms with van der Waals surface area (Å²) in [4.78, 5) is 30.8. The lowest BCUT2D eigenvalue weighted by Crippen LogP contribution is -2.52. The van der Waals surface area contributed by atoms with Crippen LogP contribution in [0, 0.1) is 5.82 Å². The Balaban J connectivity index is 1.32. The van der Waals surface area contributed by atoms with Gasteiger partial charge in [0, 0.05) is 56.9 Å². The topological polar surface area (TPSA) is 55.9 Å². The number of halogens is 1. The monoisotopic (exact) mass is 360 g/mol. The first-order chi connectivity index (χ1) is 12.6. The molecule has 2 amide bonds. The van der Waals surface area contributed by atoms with Crippen molar-refractivity contribution in [2.75, 3.05) is 44.2 Å². The number of nitrogens with zero attached hydrogens (tertiary/aromatic N) is 3. The molecule has 26 heavy (non-hydrogen) atoms. The molecule has 6 nitrogen and oxygen atoms in total. The van der Waals surface area contributed by atoms with E-state index in [4.69, 9.17) is 0 Å². The van der Waals surface area contributed by atoms with Crippen LogP contribution >= 0.6 is 0 Å². The summed E-state index contributed by atoms with van der Waals surface area (Å²) in [5, 5.41) is 2.95. The summed E-state index contributed by atoms with van der Waals surface area (Å²) in [6, 6.07) is 6.99. The van der Waals surface area contributed by atoms with Crippen molar-refractivity contribution in [2.45, 2.75) is 31.3 Å². The van der Waals surface area contributed by atoms with Crippen LogP contribution in [0.5, 0.6) is 0 Å². The van der Waals surface area contributed by atoms with E-state index in [1.807, 2.05) is 4.90 Å². The average Bonchev–Trinajstić information content (AvgIpc) is 2.93. The minimum atomic E-state index is -0.234. The van der Waals surface area contributed by atoms with Crippen LogP contribution in [0.15, 0.2) is 24.3 Å². The van der Waals surface area contributed by atoms with E-state index in [0.717, 1.165) is 31.6 Å². The van der Waals surface area contributed by atoms with Gasteiger partial charge in [-0.25, -0.2) is 4.39 Å². The first-order valence-electron chi connectivity index (χ1n) is 9.41. The molecule has 3 heterocycles. The maximum absolute atomic E-state index is 13.1. The predicted octanol–water partition coefficient (Wildman–Crippen LogP) is 0.827. The largest absolute Gasteiger partial charge is 0.368 e. The minimum absolute atomic E-state index is 0.0996. The standard InChI is InChI=1S/C19H25FN4O2/c20-14-1-3-15(4-2-14)22-7-9-23(10-8-22)19(26)13-24-16-5-6-17(24)12-21-18(25)11-16/h1-4,16-17H,5-13H2,(H,21,25). The molecule has 4 rings (SSSR count). The van der Waals surface area contributed by atoms with Gasteiger partial charge in [0.1, 0.15) is 5.82 Å². The minimum Gasteiger partial charge on any atom is -0.368 e. The summed E-state index contributed by atoms with van der Waals surface area (Å²) in [6.07, 6.45) is 2.56. The van der Waals surface area contributed by atoms with E-state index in [1.165, 1.54) is 12.1 Å². The summed E-state index contributed by atoms with van der Waals surface area (Å²) < 4.78 is 13.1. The molecular weight excluding hydrogens is 335 g/mol. The van der Waals surface area contributed by atoms with Gasteiger partial charge in [0.15, 0.2) is 0 Å². The zero-order valence-electron chi connectivity index (χ0n) is 14.9. The number of benzene rings is 1. The zero-order chi connectivity index (χ0) is 18.1. The second kappa shape index (κ2) is 7.23. The Bertz CT molecular complexity index is 673. The van der Waals surface area contributed by atoms with Crippen LogP contribution in [0.4, 0.5) is 10.1 Å². The van der Waals surface area contributed by atoms with E-state index in [2.05, 4.69) is 15.1 Å². The number of hydrogen-bond acceptors (Lipinski definition) is 4. The number of carbonyl (C=O) groups is 2. The third kappa shape index (κ3) is 3.53. The lowest BCUT2D eigenvalue weighted by molar-refractivity contribution is -0.133. The fraction of sp³-hybridized carbons (Fsp3) is 0.579. The van der Waals surface area contributed by atoms with Crippen LogP contribution < -0.4 is 10.2 Å². The van der Waals surface area contributed by atoms with Gasteiger partial charge < -0.3 is 15.1 Å². The molecule has 1 aromatic rings. The van der Waals surface area contributed by atoms with Gasteiger partial charge in [0.2, 0.25) is 11.8 Å². The van der Waals surface area contributed by atoms with E-state index in [0.29, 0.717) is 32.6 Å². The second-order valence-corrected chi connectivity index (χ2v) is 7.41. The molecule has 3 fully saturated rings. The smallest absolute Gasteiger partial charge is 0.236 e. The van der Waals surface area contributed by atoms with Crippen LogP contribution in [-0.2, 0) is 9.59 Å². The summed E-state index contributed by atoms with van der Waals surface area (Å²) >= 11 is 0. The van der Waals surface area contributed by atoms with Gasteiger partial charge in [0.25, 0.3) is 0 Å². The molecule has 0 aromatic heterocycles. The molecule has 0 spiro atoms. The summed E-state index contributed by atoms with van der Waals surface area (Å²) in [5.41, 5.74) is 0.994. The van der Waals surface area contributed by atoms with E-state index >= 15 is 0 Å². The molecule has 3 aliphatic heterocycles. The Labute approximate surface area is 152 Å². The maximum Gasteiger partial charge on any atom is 0.236 e. The molecule has 2 unspecified atom stereocenters. The van der Waals surface area contributed by atoms with Crippen LogP contribution in [0.25, 0.3) is 0 Å². The van der Waals surface area contributed by atoms with Gasteiger partial charge >= 0.3 is 0 Å². The van der Waals surface area contributed by atoms with Crippen LogP contribution in [0.2, 0.25) is 0 Å². The Morgan fingerprint density at radius 1 is 1.08 bits per heavy atom. The number of rotatable bonds is 3. The summed E-state index contributed by atoms with van der Waals surface area (Å²) in [6.45, 7) is 3.92. The fourth-order valence-corrected chi connectivity index (χ4v) is 4.35. The first-order valence-corrected chi connectivity index (χ1v) is 9.41. The van der Waals surface area contributed by atoms with E-state index in [-0.39, 0.29) is 29.7 Å². The molecular formula is C19H25FN4O2. The van der Waals surface area contributed by atoms with Crippen LogP contribution in [-0.4, -0.2) is 73.0 Å². The molecule has 2 atom stereocenters. The van der Waals surface area contributed by atoms with Crippen molar-refractivity contribution in [3.63, 3.8) is 0 Å². The molecule has 0 radical (unpaired) electrons. The fourth-order valence-electron chi connectivity index (χ4n) is 4.35. The number of carbonyl (C=O) groups excluding carboxylic acids is 2. The predicted molar refractivity (Wildman–Crippen MR) is 96.3 cm³/mol. The maximum atomic E-state index is 13.1. The van der Waals surface area contributed by atoms with E-state index < -0.39 is 0 Å². The highest BCUT2D eigenvalue weighted by Crippen LogP contribution is 2.28. The third-order valence-corrected chi connectivity index (χ3v) is 5.87. The van der Waals surface area contributed by atoms with Crippen molar-refractivity contribution in [1.29, 1.82) is 0 Å².